The second kappa shape index (κ2) is 7.17. The van der Waals surface area contributed by atoms with Crippen molar-refractivity contribution in [1.82, 2.24) is 0 Å². The van der Waals surface area contributed by atoms with Crippen molar-refractivity contribution in [2.24, 2.45) is 0 Å². The normalized spacial score (nSPS) is 14.0. The number of rotatable bonds is 6. The van der Waals surface area contributed by atoms with Crippen LogP contribution in [0.5, 0.6) is 5.75 Å². The van der Waals surface area contributed by atoms with Crippen molar-refractivity contribution in [3.8, 4) is 5.75 Å². The number of hydrogen-bond acceptors (Lipinski definition) is 4. The summed E-state index contributed by atoms with van der Waals surface area (Å²) in [5.74, 6) is 0.331. The van der Waals surface area contributed by atoms with Gasteiger partial charge in [0.05, 0.1) is 17.7 Å². The van der Waals surface area contributed by atoms with E-state index in [1.165, 1.54) is 0 Å². The summed E-state index contributed by atoms with van der Waals surface area (Å²) in [6, 6.07) is 4.94. The minimum Gasteiger partial charge on any atom is -0.489 e. The first kappa shape index (κ1) is 18.5. The van der Waals surface area contributed by atoms with Crippen LogP contribution in [0.4, 0.5) is 13.2 Å². The lowest BCUT2D eigenvalue weighted by Gasteiger charge is -2.16. The van der Waals surface area contributed by atoms with Crippen molar-refractivity contribution in [3.05, 3.63) is 27.7 Å². The fourth-order valence-corrected chi connectivity index (χ4v) is 2.21. The highest BCUT2D eigenvalue weighted by atomic mass is 79.9. The van der Waals surface area contributed by atoms with Gasteiger partial charge in [0.25, 0.3) is 0 Å². The van der Waals surface area contributed by atoms with Gasteiger partial charge in [0.15, 0.2) is 0 Å². The molecule has 0 aliphatic carbocycles. The smallest absolute Gasteiger partial charge is 0.489 e. The molecule has 0 bridgehead atoms. The molecule has 1 rings (SSSR count). The molecule has 1 atom stereocenters. The molecule has 0 fully saturated rings. The summed E-state index contributed by atoms with van der Waals surface area (Å²) in [4.78, 5) is 0. The van der Waals surface area contributed by atoms with Gasteiger partial charge < -0.3 is 4.74 Å². The Balaban J connectivity index is 2.53. The number of hydrogen-bond donors (Lipinski definition) is 0. The summed E-state index contributed by atoms with van der Waals surface area (Å²) in [5.41, 5.74) is -5.43. The van der Waals surface area contributed by atoms with Crippen LogP contribution in [-0.4, -0.2) is 26.6 Å². The Morgan fingerprint density at radius 1 is 1.38 bits per heavy atom. The van der Waals surface area contributed by atoms with E-state index in [0.717, 1.165) is 0 Å². The third kappa shape index (κ3) is 5.32. The highest BCUT2D eigenvalue weighted by Crippen LogP contribution is 2.32. The quantitative estimate of drug-likeness (QED) is 0.522. The maximum atomic E-state index is 12.0. The van der Waals surface area contributed by atoms with Crippen molar-refractivity contribution < 1.29 is 30.5 Å². The molecule has 10 heteroatoms. The van der Waals surface area contributed by atoms with E-state index in [1.807, 2.05) is 0 Å². The molecule has 0 saturated heterocycles. The minimum atomic E-state index is -5.57. The van der Waals surface area contributed by atoms with Crippen LogP contribution in [0.15, 0.2) is 22.7 Å². The zero-order chi connectivity index (χ0) is 16.3. The number of benzene rings is 1. The molecule has 0 heterocycles. The van der Waals surface area contributed by atoms with Crippen LogP contribution in [-0.2, 0) is 14.3 Å². The summed E-state index contributed by atoms with van der Waals surface area (Å²) >= 11 is 9.15. The van der Waals surface area contributed by atoms with Crippen molar-refractivity contribution in [1.29, 1.82) is 0 Å². The molecule has 21 heavy (non-hydrogen) atoms. The molecule has 0 aliphatic heterocycles. The van der Waals surface area contributed by atoms with Crippen LogP contribution in [0, 0.1) is 0 Å². The van der Waals surface area contributed by atoms with Crippen LogP contribution in [0.25, 0.3) is 0 Å². The summed E-state index contributed by atoms with van der Waals surface area (Å²) in [5, 5.41) is 0.313. The summed E-state index contributed by atoms with van der Waals surface area (Å²) in [7, 11) is -5.57. The summed E-state index contributed by atoms with van der Waals surface area (Å²) in [6.07, 6.45) is -0.641. The average molecular weight is 412 g/mol. The fraction of sp³-hybridized carbons (Fsp3) is 0.455. The topological polar surface area (TPSA) is 52.6 Å². The lowest BCUT2D eigenvalue weighted by atomic mass is 10.3. The monoisotopic (exact) mass is 410 g/mol. The number of alkyl halides is 3. The van der Waals surface area contributed by atoms with E-state index in [-0.39, 0.29) is 6.42 Å². The fourth-order valence-electron chi connectivity index (χ4n) is 1.24. The van der Waals surface area contributed by atoms with Gasteiger partial charge in [0, 0.05) is 10.9 Å². The lowest BCUT2D eigenvalue weighted by molar-refractivity contribution is -0.0546. The zero-order valence-electron chi connectivity index (χ0n) is 10.7. The van der Waals surface area contributed by atoms with E-state index < -0.39 is 28.3 Å². The molecule has 0 radical (unpaired) electrons. The summed E-state index contributed by atoms with van der Waals surface area (Å²) < 4.78 is 67.3. The predicted molar refractivity (Wildman–Crippen MR) is 74.8 cm³/mol. The largest absolute Gasteiger partial charge is 0.523 e. The average Bonchev–Trinajstić information content (AvgIpc) is 2.33. The first-order chi connectivity index (χ1) is 9.54. The van der Waals surface area contributed by atoms with Gasteiger partial charge in [-0.2, -0.15) is 21.6 Å². The van der Waals surface area contributed by atoms with Gasteiger partial charge in [-0.05, 0) is 35.0 Å². The van der Waals surface area contributed by atoms with Crippen LogP contribution in [0.1, 0.15) is 13.3 Å². The molecular weight excluding hydrogens is 401 g/mol. The van der Waals surface area contributed by atoms with E-state index in [9.17, 15) is 21.6 Å². The van der Waals surface area contributed by atoms with Gasteiger partial charge in [0.2, 0.25) is 0 Å². The van der Waals surface area contributed by atoms with Crippen molar-refractivity contribution in [3.63, 3.8) is 0 Å². The highest BCUT2D eigenvalue weighted by Gasteiger charge is 2.47. The summed E-state index contributed by atoms with van der Waals surface area (Å²) in [6.45, 7) is 0.912. The van der Waals surface area contributed by atoms with Crippen molar-refractivity contribution in [2.75, 3.05) is 6.61 Å². The first-order valence-corrected chi connectivity index (χ1v) is 8.19. The van der Waals surface area contributed by atoms with E-state index in [4.69, 9.17) is 16.3 Å². The van der Waals surface area contributed by atoms with E-state index in [2.05, 4.69) is 20.1 Å². The third-order valence-corrected chi connectivity index (χ3v) is 4.61. The molecule has 1 aromatic rings. The lowest BCUT2D eigenvalue weighted by Crippen LogP contribution is -2.27. The van der Waals surface area contributed by atoms with Gasteiger partial charge in [-0.1, -0.05) is 17.7 Å². The Labute approximate surface area is 133 Å². The van der Waals surface area contributed by atoms with Crippen molar-refractivity contribution >= 4 is 37.6 Å². The Hall–Kier alpha value is -0.510. The van der Waals surface area contributed by atoms with Crippen LogP contribution in [0.3, 0.4) is 0 Å². The standard InChI is InChI=1S/C11H11BrClF3O4S/c1-7(5-6-19-21(17,18)11(14,15)16)20-9-4-2-3-8(12)10(9)13/h2-4,7H,5-6H2,1H3. The predicted octanol–water partition coefficient (Wildman–Crippen LogP) is 4.13. The number of ether oxygens (including phenoxy) is 1. The molecule has 0 spiro atoms. The van der Waals surface area contributed by atoms with Crippen molar-refractivity contribution in [2.45, 2.75) is 25.0 Å². The Morgan fingerprint density at radius 3 is 2.57 bits per heavy atom. The first-order valence-electron chi connectivity index (χ1n) is 5.61. The molecule has 0 saturated carbocycles. The minimum absolute atomic E-state index is 0.0574. The molecule has 0 aromatic heterocycles. The van der Waals surface area contributed by atoms with E-state index in [1.54, 1.807) is 25.1 Å². The molecule has 120 valence electrons. The van der Waals surface area contributed by atoms with Gasteiger partial charge in [-0.25, -0.2) is 0 Å². The maximum Gasteiger partial charge on any atom is 0.523 e. The second-order valence-electron chi connectivity index (χ2n) is 3.99. The number of halogens is 5. The van der Waals surface area contributed by atoms with Crippen LogP contribution >= 0.6 is 27.5 Å². The molecular formula is C11H11BrClF3O4S. The molecule has 0 amide bonds. The molecule has 0 aliphatic rings. The van der Waals surface area contributed by atoms with E-state index in [0.29, 0.717) is 15.2 Å². The molecule has 1 unspecified atom stereocenters. The highest BCUT2D eigenvalue weighted by molar-refractivity contribution is 9.10. The Morgan fingerprint density at radius 2 is 2.00 bits per heavy atom. The Bertz CT molecular complexity index is 592. The maximum absolute atomic E-state index is 12.0. The van der Waals surface area contributed by atoms with Gasteiger partial charge >= 0.3 is 15.6 Å². The molecule has 1 aromatic carbocycles. The van der Waals surface area contributed by atoms with Gasteiger partial charge in [-0.3, -0.25) is 4.18 Å². The van der Waals surface area contributed by atoms with Crippen LogP contribution in [0.2, 0.25) is 5.02 Å². The SMILES string of the molecule is CC(CCOS(=O)(=O)C(F)(F)F)Oc1cccc(Br)c1Cl. The molecule has 4 nitrogen and oxygen atoms in total. The third-order valence-electron chi connectivity index (χ3n) is 2.29. The second-order valence-corrected chi connectivity index (χ2v) is 6.83. The van der Waals surface area contributed by atoms with Crippen LogP contribution < -0.4 is 4.74 Å². The van der Waals surface area contributed by atoms with Gasteiger partial charge in [0.1, 0.15) is 5.75 Å². The van der Waals surface area contributed by atoms with Gasteiger partial charge in [-0.15, -0.1) is 0 Å². The van der Waals surface area contributed by atoms with E-state index >= 15 is 0 Å². The molecule has 0 N–H and O–H groups in total. The Kier molecular flexibility index (Phi) is 6.33. The zero-order valence-corrected chi connectivity index (χ0v) is 13.8.